The molecule has 1 heterocycles. The number of benzene rings is 1. The van der Waals surface area contributed by atoms with Gasteiger partial charge in [-0.1, -0.05) is 88.8 Å². The Kier molecular flexibility index (Phi) is 16.5. The molecule has 0 aliphatic carbocycles. The molecular formula is C32H46ClN3O5. The Balaban J connectivity index is 2.01. The topological polar surface area (TPSA) is 99.0 Å². The van der Waals surface area contributed by atoms with E-state index in [1.807, 2.05) is 0 Å². The third-order valence-electron chi connectivity index (χ3n) is 6.63. The predicted molar refractivity (Wildman–Crippen MR) is 166 cm³/mol. The lowest BCUT2D eigenvalue weighted by atomic mass is 10.1. The number of amides is 1. The van der Waals surface area contributed by atoms with Crippen molar-refractivity contribution in [3.8, 4) is 0 Å². The van der Waals surface area contributed by atoms with Crippen LogP contribution in [-0.2, 0) is 19.1 Å². The second-order valence-electron chi connectivity index (χ2n) is 9.98. The number of aliphatic imine (C=N–C) groups is 1. The molecule has 0 saturated carbocycles. The highest BCUT2D eigenvalue weighted by Crippen LogP contribution is 2.30. The molecule has 9 heteroatoms. The number of ether oxygens (including phenoxy) is 2. The Morgan fingerprint density at radius 1 is 0.878 bits per heavy atom. The fourth-order valence-corrected chi connectivity index (χ4v) is 4.66. The molecule has 0 aliphatic heterocycles. The molecule has 1 aromatic carbocycles. The highest BCUT2D eigenvalue weighted by Gasteiger charge is 2.30. The van der Waals surface area contributed by atoms with Crippen molar-refractivity contribution in [2.75, 3.05) is 18.5 Å². The lowest BCUT2D eigenvalue weighted by Gasteiger charge is -2.20. The average Bonchev–Trinajstić information content (AvgIpc) is 2.95. The Hall–Kier alpha value is -3.13. The molecule has 0 saturated heterocycles. The van der Waals surface area contributed by atoms with Crippen molar-refractivity contribution in [1.29, 1.82) is 0 Å². The molecule has 1 aromatic heterocycles. The van der Waals surface area contributed by atoms with Crippen LogP contribution in [0.5, 0.6) is 0 Å². The van der Waals surface area contributed by atoms with Gasteiger partial charge in [0.15, 0.2) is 0 Å². The van der Waals surface area contributed by atoms with Gasteiger partial charge in [-0.25, -0.2) is 9.79 Å². The number of anilines is 1. The number of aromatic nitrogens is 1. The zero-order valence-electron chi connectivity index (χ0n) is 24.8. The zero-order valence-corrected chi connectivity index (χ0v) is 25.6. The number of hydrogen-bond acceptors (Lipinski definition) is 6. The third-order valence-corrected chi connectivity index (χ3v) is 6.95. The fraction of sp³-hybridized carbons (Fsp3) is 0.562. The molecule has 2 aromatic rings. The van der Waals surface area contributed by atoms with E-state index in [-0.39, 0.29) is 25.0 Å². The molecule has 1 unspecified atom stereocenters. The summed E-state index contributed by atoms with van der Waals surface area (Å²) in [6.07, 6.45) is 15.4. The number of carbonyl (C=O) groups is 2. The third kappa shape index (κ3) is 12.5. The van der Waals surface area contributed by atoms with Gasteiger partial charge in [0.05, 0.1) is 23.9 Å². The standard InChI is InChI=1S/C32H46ClN3O5/c1-4-7-8-9-10-11-12-13-14-15-16-19-28(37)34-25-21-22-26(33)27(24-25)35-31(40-5-2)30(32(39)41-6-3)36-23-18-17-20-29(36)38/h17-18,20-24,30H,4-16,19H2,1-3H3,(H,34,37). The smallest absolute Gasteiger partial charge is 0.339 e. The van der Waals surface area contributed by atoms with Crippen LogP contribution in [-0.4, -0.2) is 35.6 Å². The van der Waals surface area contributed by atoms with E-state index in [0.29, 0.717) is 22.8 Å². The van der Waals surface area contributed by atoms with Crippen molar-refractivity contribution in [2.45, 2.75) is 104 Å². The lowest BCUT2D eigenvalue weighted by Crippen LogP contribution is -2.36. The van der Waals surface area contributed by atoms with Gasteiger partial charge in [-0.05, 0) is 44.5 Å². The first-order valence-corrected chi connectivity index (χ1v) is 15.4. The van der Waals surface area contributed by atoms with Crippen LogP contribution in [0, 0.1) is 0 Å². The fourth-order valence-electron chi connectivity index (χ4n) is 4.50. The number of unbranched alkanes of at least 4 members (excludes halogenated alkanes) is 10. The Morgan fingerprint density at radius 2 is 1.51 bits per heavy atom. The molecule has 0 bridgehead atoms. The Bertz CT molecular complexity index is 1160. The largest absolute Gasteiger partial charge is 0.479 e. The molecular weight excluding hydrogens is 542 g/mol. The summed E-state index contributed by atoms with van der Waals surface area (Å²) in [5.74, 6) is -0.797. The SMILES string of the molecule is CCCCCCCCCCCCCC(=O)Nc1ccc(Cl)c(N=C(OCC)C(C(=O)OCC)n2ccccc2=O)c1. The van der Waals surface area contributed by atoms with Crippen molar-refractivity contribution in [3.05, 3.63) is 58.0 Å². The van der Waals surface area contributed by atoms with Crippen molar-refractivity contribution in [1.82, 2.24) is 4.57 Å². The number of nitrogens with zero attached hydrogens (tertiary/aromatic N) is 2. The molecule has 226 valence electrons. The summed E-state index contributed by atoms with van der Waals surface area (Å²) >= 11 is 6.43. The van der Waals surface area contributed by atoms with Gasteiger partial charge in [0.25, 0.3) is 5.56 Å². The molecule has 1 N–H and O–H groups in total. The minimum absolute atomic E-state index is 0.0365. The van der Waals surface area contributed by atoms with Gasteiger partial charge in [0.2, 0.25) is 17.8 Å². The first-order valence-electron chi connectivity index (χ1n) is 15.1. The zero-order chi connectivity index (χ0) is 29.9. The highest BCUT2D eigenvalue weighted by atomic mass is 35.5. The number of carbonyl (C=O) groups excluding carboxylic acids is 2. The van der Waals surface area contributed by atoms with Gasteiger partial charge in [-0.15, -0.1) is 0 Å². The van der Waals surface area contributed by atoms with E-state index in [2.05, 4.69) is 17.2 Å². The summed E-state index contributed by atoms with van der Waals surface area (Å²) in [5.41, 5.74) is 0.412. The van der Waals surface area contributed by atoms with E-state index in [1.165, 1.54) is 68.2 Å². The number of rotatable bonds is 19. The maximum absolute atomic E-state index is 12.9. The highest BCUT2D eigenvalue weighted by molar-refractivity contribution is 6.33. The van der Waals surface area contributed by atoms with Crippen molar-refractivity contribution in [3.63, 3.8) is 0 Å². The maximum Gasteiger partial charge on any atom is 0.339 e. The number of halogens is 1. The second kappa shape index (κ2) is 19.9. The van der Waals surface area contributed by atoms with E-state index in [4.69, 9.17) is 21.1 Å². The Labute approximate surface area is 249 Å². The van der Waals surface area contributed by atoms with E-state index >= 15 is 0 Å². The number of hydrogen-bond donors (Lipinski definition) is 1. The van der Waals surface area contributed by atoms with Crippen LogP contribution in [0.1, 0.15) is 104 Å². The first-order chi connectivity index (χ1) is 19.9. The van der Waals surface area contributed by atoms with Crippen LogP contribution in [0.2, 0.25) is 5.02 Å². The minimum Gasteiger partial charge on any atom is -0.479 e. The molecule has 0 radical (unpaired) electrons. The van der Waals surface area contributed by atoms with Crippen LogP contribution < -0.4 is 10.9 Å². The molecule has 8 nitrogen and oxygen atoms in total. The van der Waals surface area contributed by atoms with Gasteiger partial charge in [-0.2, -0.15) is 0 Å². The molecule has 0 spiro atoms. The van der Waals surface area contributed by atoms with Crippen LogP contribution in [0.4, 0.5) is 11.4 Å². The average molecular weight is 588 g/mol. The molecule has 41 heavy (non-hydrogen) atoms. The predicted octanol–water partition coefficient (Wildman–Crippen LogP) is 8.01. The molecule has 1 atom stereocenters. The molecule has 0 fully saturated rings. The van der Waals surface area contributed by atoms with Gasteiger partial charge in [-0.3, -0.25) is 14.2 Å². The van der Waals surface area contributed by atoms with Crippen LogP contribution in [0.3, 0.4) is 0 Å². The quantitative estimate of drug-likeness (QED) is 0.0776. The normalized spacial score (nSPS) is 12.1. The lowest BCUT2D eigenvalue weighted by molar-refractivity contribution is -0.145. The van der Waals surface area contributed by atoms with Crippen molar-refractivity contribution >= 4 is 40.7 Å². The van der Waals surface area contributed by atoms with Crippen molar-refractivity contribution < 1.29 is 19.1 Å². The molecule has 0 aliphatic rings. The summed E-state index contributed by atoms with van der Waals surface area (Å²) in [6, 6.07) is 8.26. The Morgan fingerprint density at radius 3 is 2.12 bits per heavy atom. The van der Waals surface area contributed by atoms with Crippen molar-refractivity contribution in [2.24, 2.45) is 4.99 Å². The number of pyridine rings is 1. The monoisotopic (exact) mass is 587 g/mol. The van der Waals surface area contributed by atoms with Gasteiger partial charge >= 0.3 is 5.97 Å². The maximum atomic E-state index is 12.9. The summed E-state index contributed by atoms with van der Waals surface area (Å²) in [7, 11) is 0. The summed E-state index contributed by atoms with van der Waals surface area (Å²) < 4.78 is 12.2. The summed E-state index contributed by atoms with van der Waals surface area (Å²) in [5, 5.41) is 3.21. The number of nitrogens with one attached hydrogen (secondary N) is 1. The van der Waals surface area contributed by atoms with E-state index in [9.17, 15) is 14.4 Å². The molecule has 1 amide bonds. The minimum atomic E-state index is -1.24. The van der Waals surface area contributed by atoms with Gasteiger partial charge < -0.3 is 14.8 Å². The van der Waals surface area contributed by atoms with Crippen LogP contribution >= 0.6 is 11.6 Å². The van der Waals surface area contributed by atoms with Crippen LogP contribution in [0.15, 0.2) is 52.4 Å². The van der Waals surface area contributed by atoms with E-state index < -0.39 is 17.6 Å². The number of esters is 1. The van der Waals surface area contributed by atoms with E-state index in [1.54, 1.807) is 44.2 Å². The van der Waals surface area contributed by atoms with Crippen LogP contribution in [0.25, 0.3) is 0 Å². The second-order valence-corrected chi connectivity index (χ2v) is 10.4. The van der Waals surface area contributed by atoms with Gasteiger partial charge in [0, 0.05) is 24.4 Å². The summed E-state index contributed by atoms with van der Waals surface area (Å²) in [4.78, 5) is 42.6. The molecule has 2 rings (SSSR count). The first kappa shape index (κ1) is 34.1. The summed E-state index contributed by atoms with van der Waals surface area (Å²) in [6.45, 7) is 5.99. The van der Waals surface area contributed by atoms with E-state index in [0.717, 1.165) is 19.3 Å². The van der Waals surface area contributed by atoms with Gasteiger partial charge in [0.1, 0.15) is 0 Å².